The van der Waals surface area contributed by atoms with Crippen molar-refractivity contribution in [2.45, 2.75) is 6.92 Å². The van der Waals surface area contributed by atoms with E-state index in [1.807, 2.05) is 25.3 Å². The number of methoxy groups -OCH3 is 1. The molecule has 3 heteroatoms. The van der Waals surface area contributed by atoms with Crippen LogP contribution < -0.4 is 4.74 Å². The van der Waals surface area contributed by atoms with Crippen LogP contribution in [0.5, 0.6) is 5.88 Å². The van der Waals surface area contributed by atoms with Crippen molar-refractivity contribution in [1.29, 1.82) is 0 Å². The molecule has 0 spiro atoms. The zero-order valence-corrected chi connectivity index (χ0v) is 9.63. The Morgan fingerprint density at radius 2 is 2.07 bits per heavy atom. The van der Waals surface area contributed by atoms with E-state index in [0.717, 1.165) is 15.4 Å². The van der Waals surface area contributed by atoms with Crippen molar-refractivity contribution in [2.75, 3.05) is 7.11 Å². The van der Waals surface area contributed by atoms with Gasteiger partial charge in [0, 0.05) is 16.1 Å². The molecule has 72 valence electrons. The van der Waals surface area contributed by atoms with Crippen LogP contribution in [0.2, 0.25) is 0 Å². The van der Waals surface area contributed by atoms with E-state index in [9.17, 15) is 0 Å². The largest absolute Gasteiger partial charge is 0.481 e. The van der Waals surface area contributed by atoms with Crippen LogP contribution in [0, 0.1) is 6.92 Å². The predicted octanol–water partition coefficient (Wildman–Crippen LogP) is 3.31. The molecule has 1 heterocycles. The number of aryl methyl sites for hydroxylation is 1. The lowest BCUT2D eigenvalue weighted by molar-refractivity contribution is 0.403. The second-order valence-electron chi connectivity index (χ2n) is 3.14. The fourth-order valence-corrected chi connectivity index (χ4v) is 1.86. The van der Waals surface area contributed by atoms with Crippen LogP contribution in [0.3, 0.4) is 0 Å². The number of fused-ring (bicyclic) bond motifs is 1. The van der Waals surface area contributed by atoms with E-state index in [-0.39, 0.29) is 0 Å². The lowest BCUT2D eigenvalue weighted by Crippen LogP contribution is -1.90. The predicted molar refractivity (Wildman–Crippen MR) is 60.7 cm³/mol. The molecule has 0 saturated carbocycles. The molecule has 0 aliphatic heterocycles. The quantitative estimate of drug-likeness (QED) is 0.776. The third-order valence-corrected chi connectivity index (χ3v) is 2.70. The maximum absolute atomic E-state index is 5.21. The first-order chi connectivity index (χ1) is 6.72. The number of aromatic nitrogens is 1. The van der Waals surface area contributed by atoms with E-state index in [2.05, 4.69) is 27.0 Å². The number of hydrogen-bond donors (Lipinski definition) is 0. The van der Waals surface area contributed by atoms with Gasteiger partial charge in [-0.3, -0.25) is 0 Å². The first kappa shape index (κ1) is 9.46. The molecular formula is C11H10BrNO. The van der Waals surface area contributed by atoms with E-state index >= 15 is 0 Å². The van der Waals surface area contributed by atoms with Gasteiger partial charge in [-0.2, -0.15) is 0 Å². The Hall–Kier alpha value is -1.09. The number of nitrogens with zero attached hydrogens (tertiary/aromatic N) is 1. The summed E-state index contributed by atoms with van der Waals surface area (Å²) in [6.45, 7) is 2.04. The fourth-order valence-electron chi connectivity index (χ4n) is 1.49. The number of ether oxygens (including phenoxy) is 1. The smallest absolute Gasteiger partial charge is 0.221 e. The maximum atomic E-state index is 5.21. The second-order valence-corrected chi connectivity index (χ2v) is 4.06. The van der Waals surface area contributed by atoms with Gasteiger partial charge in [-0.1, -0.05) is 22.0 Å². The minimum absolute atomic E-state index is 0.673. The number of halogens is 1. The minimum atomic E-state index is 0.673. The van der Waals surface area contributed by atoms with E-state index in [0.29, 0.717) is 5.88 Å². The molecule has 0 bridgehead atoms. The molecule has 0 unspecified atom stereocenters. The highest BCUT2D eigenvalue weighted by Crippen LogP contribution is 2.28. The normalized spacial score (nSPS) is 10.5. The monoisotopic (exact) mass is 251 g/mol. The number of rotatable bonds is 1. The van der Waals surface area contributed by atoms with E-state index in [1.54, 1.807) is 7.11 Å². The third kappa shape index (κ3) is 1.48. The van der Waals surface area contributed by atoms with Gasteiger partial charge in [0.25, 0.3) is 0 Å². The van der Waals surface area contributed by atoms with Crippen LogP contribution in [0.15, 0.2) is 28.9 Å². The van der Waals surface area contributed by atoms with Crippen LogP contribution in [-0.2, 0) is 0 Å². The Morgan fingerprint density at radius 3 is 2.79 bits per heavy atom. The summed E-state index contributed by atoms with van der Waals surface area (Å²) in [6, 6.07) is 6.11. The average molecular weight is 252 g/mol. The summed E-state index contributed by atoms with van der Waals surface area (Å²) in [7, 11) is 1.64. The third-order valence-electron chi connectivity index (χ3n) is 2.21. The topological polar surface area (TPSA) is 22.1 Å². The van der Waals surface area contributed by atoms with Crippen molar-refractivity contribution >= 4 is 26.7 Å². The van der Waals surface area contributed by atoms with Gasteiger partial charge in [0.1, 0.15) is 0 Å². The number of pyridine rings is 1. The highest BCUT2D eigenvalue weighted by Gasteiger charge is 2.05. The van der Waals surface area contributed by atoms with Gasteiger partial charge in [-0.15, -0.1) is 0 Å². The Kier molecular flexibility index (Phi) is 2.42. The molecule has 1 aromatic carbocycles. The summed E-state index contributed by atoms with van der Waals surface area (Å²) in [5, 5.41) is 2.22. The Bertz CT molecular complexity index is 482. The van der Waals surface area contributed by atoms with Crippen LogP contribution in [0.4, 0.5) is 0 Å². The molecule has 0 atom stereocenters. The standard InChI is InChI=1S/C11H10BrNO/c1-7-6-13-11(14-2)10-5-8(12)3-4-9(7)10/h3-6H,1-2H3. The van der Waals surface area contributed by atoms with Crippen molar-refractivity contribution in [2.24, 2.45) is 0 Å². The highest BCUT2D eigenvalue weighted by atomic mass is 79.9. The minimum Gasteiger partial charge on any atom is -0.481 e. The molecule has 14 heavy (non-hydrogen) atoms. The molecule has 2 rings (SSSR count). The summed E-state index contributed by atoms with van der Waals surface area (Å²) in [5.74, 6) is 0.673. The first-order valence-corrected chi connectivity index (χ1v) is 5.10. The highest BCUT2D eigenvalue weighted by molar-refractivity contribution is 9.10. The summed E-state index contributed by atoms with van der Waals surface area (Å²) in [4.78, 5) is 4.22. The lowest BCUT2D eigenvalue weighted by Gasteiger charge is -2.06. The van der Waals surface area contributed by atoms with E-state index in [1.165, 1.54) is 5.39 Å². The number of benzene rings is 1. The maximum Gasteiger partial charge on any atom is 0.221 e. The summed E-state index contributed by atoms with van der Waals surface area (Å²) in [6.07, 6.45) is 1.83. The first-order valence-electron chi connectivity index (χ1n) is 4.31. The molecule has 2 nitrogen and oxygen atoms in total. The van der Waals surface area contributed by atoms with Crippen molar-refractivity contribution in [1.82, 2.24) is 4.98 Å². The molecular weight excluding hydrogens is 242 g/mol. The molecule has 0 fully saturated rings. The molecule has 0 radical (unpaired) electrons. The van der Waals surface area contributed by atoms with Crippen molar-refractivity contribution in [3.63, 3.8) is 0 Å². The summed E-state index contributed by atoms with van der Waals surface area (Å²) < 4.78 is 6.24. The van der Waals surface area contributed by atoms with E-state index in [4.69, 9.17) is 4.74 Å². The van der Waals surface area contributed by atoms with Crippen LogP contribution in [0.1, 0.15) is 5.56 Å². The molecule has 2 aromatic rings. The van der Waals surface area contributed by atoms with Gasteiger partial charge < -0.3 is 4.74 Å². The zero-order valence-electron chi connectivity index (χ0n) is 8.04. The SMILES string of the molecule is COc1ncc(C)c2ccc(Br)cc12. The second kappa shape index (κ2) is 3.58. The van der Waals surface area contributed by atoms with Crippen LogP contribution >= 0.6 is 15.9 Å². The summed E-state index contributed by atoms with van der Waals surface area (Å²) >= 11 is 3.44. The Labute approximate surface area is 91.0 Å². The van der Waals surface area contributed by atoms with E-state index < -0.39 is 0 Å². The van der Waals surface area contributed by atoms with Crippen LogP contribution in [-0.4, -0.2) is 12.1 Å². The summed E-state index contributed by atoms with van der Waals surface area (Å²) in [5.41, 5.74) is 1.16. The van der Waals surface area contributed by atoms with Gasteiger partial charge in [0.15, 0.2) is 0 Å². The molecule has 0 aliphatic rings. The molecule has 0 aliphatic carbocycles. The fraction of sp³-hybridized carbons (Fsp3) is 0.182. The molecule has 1 aromatic heterocycles. The molecule has 0 N–H and O–H groups in total. The van der Waals surface area contributed by atoms with Crippen molar-refractivity contribution in [3.8, 4) is 5.88 Å². The average Bonchev–Trinajstić information content (AvgIpc) is 2.18. The number of hydrogen-bond acceptors (Lipinski definition) is 2. The van der Waals surface area contributed by atoms with Gasteiger partial charge in [-0.25, -0.2) is 4.98 Å². The zero-order chi connectivity index (χ0) is 10.1. The molecule has 0 saturated heterocycles. The van der Waals surface area contributed by atoms with Gasteiger partial charge in [0.2, 0.25) is 5.88 Å². The Morgan fingerprint density at radius 1 is 1.29 bits per heavy atom. The van der Waals surface area contributed by atoms with Crippen molar-refractivity contribution in [3.05, 3.63) is 34.4 Å². The van der Waals surface area contributed by atoms with Gasteiger partial charge in [-0.05, 0) is 30.0 Å². The lowest BCUT2D eigenvalue weighted by atomic mass is 10.1. The Balaban J connectivity index is 2.85. The molecule has 0 amide bonds. The van der Waals surface area contributed by atoms with Gasteiger partial charge in [0.05, 0.1) is 7.11 Å². The van der Waals surface area contributed by atoms with Gasteiger partial charge >= 0.3 is 0 Å². The van der Waals surface area contributed by atoms with Crippen LogP contribution in [0.25, 0.3) is 10.8 Å². The van der Waals surface area contributed by atoms with Crippen molar-refractivity contribution < 1.29 is 4.74 Å².